The molecular formula is C12H20N4S. The number of aryl methyl sites for hydroxylation is 1. The van der Waals surface area contributed by atoms with Crippen molar-refractivity contribution in [3.05, 3.63) is 11.9 Å². The Morgan fingerprint density at radius 1 is 1.29 bits per heavy atom. The van der Waals surface area contributed by atoms with Crippen LogP contribution in [-0.2, 0) is 0 Å². The number of aromatic nitrogens is 2. The molecule has 0 aliphatic heterocycles. The van der Waals surface area contributed by atoms with Crippen LogP contribution in [-0.4, -0.2) is 34.6 Å². The predicted octanol–water partition coefficient (Wildman–Crippen LogP) is 2.52. The lowest BCUT2D eigenvalue weighted by Crippen LogP contribution is -2.26. The van der Waals surface area contributed by atoms with Crippen LogP contribution in [0.1, 0.15) is 25.1 Å². The van der Waals surface area contributed by atoms with Gasteiger partial charge in [-0.25, -0.2) is 9.97 Å². The first-order chi connectivity index (χ1) is 8.22. The van der Waals surface area contributed by atoms with Crippen LogP contribution < -0.4 is 10.6 Å². The Labute approximate surface area is 107 Å². The van der Waals surface area contributed by atoms with Gasteiger partial charge in [0.2, 0.25) is 0 Å². The minimum atomic E-state index is 0.545. The lowest BCUT2D eigenvalue weighted by molar-refractivity contribution is 0.761. The van der Waals surface area contributed by atoms with Gasteiger partial charge in [0.25, 0.3) is 0 Å². The van der Waals surface area contributed by atoms with E-state index in [1.807, 2.05) is 31.8 Å². The number of anilines is 2. The monoisotopic (exact) mass is 252 g/mol. The van der Waals surface area contributed by atoms with Gasteiger partial charge in [0.15, 0.2) is 0 Å². The summed E-state index contributed by atoms with van der Waals surface area (Å²) in [6.45, 7) is 1.92. The van der Waals surface area contributed by atoms with E-state index in [-0.39, 0.29) is 0 Å². The van der Waals surface area contributed by atoms with Crippen molar-refractivity contribution in [3.8, 4) is 0 Å². The number of nitrogens with one attached hydrogen (secondary N) is 2. The van der Waals surface area contributed by atoms with Crippen molar-refractivity contribution >= 4 is 23.4 Å². The van der Waals surface area contributed by atoms with Gasteiger partial charge in [-0.05, 0) is 26.0 Å². The van der Waals surface area contributed by atoms with Crippen LogP contribution >= 0.6 is 11.8 Å². The van der Waals surface area contributed by atoms with Crippen molar-refractivity contribution in [3.63, 3.8) is 0 Å². The summed E-state index contributed by atoms with van der Waals surface area (Å²) < 4.78 is 0. The average Bonchev–Trinajstić information content (AvgIpc) is 2.75. The van der Waals surface area contributed by atoms with E-state index < -0.39 is 0 Å². The topological polar surface area (TPSA) is 49.8 Å². The van der Waals surface area contributed by atoms with Gasteiger partial charge in [-0.3, -0.25) is 0 Å². The molecular weight excluding hydrogens is 232 g/mol. The molecule has 2 rings (SSSR count). The first kappa shape index (κ1) is 12.5. The van der Waals surface area contributed by atoms with Crippen molar-refractivity contribution in [2.75, 3.05) is 23.9 Å². The maximum atomic E-state index is 4.44. The van der Waals surface area contributed by atoms with Gasteiger partial charge in [0, 0.05) is 24.4 Å². The molecule has 1 saturated carbocycles. The van der Waals surface area contributed by atoms with Crippen molar-refractivity contribution in [1.82, 2.24) is 9.97 Å². The molecule has 1 aromatic heterocycles. The first-order valence-corrected chi connectivity index (χ1v) is 7.34. The molecule has 1 aromatic rings. The predicted molar refractivity (Wildman–Crippen MR) is 74.9 cm³/mol. The molecule has 1 aliphatic rings. The molecule has 0 bridgehead atoms. The fraction of sp³-hybridized carbons (Fsp3) is 0.667. The molecule has 0 saturated heterocycles. The molecule has 0 amide bonds. The molecule has 0 spiro atoms. The second-order valence-electron chi connectivity index (χ2n) is 4.39. The van der Waals surface area contributed by atoms with Crippen molar-refractivity contribution in [2.24, 2.45) is 0 Å². The van der Waals surface area contributed by atoms with Gasteiger partial charge in [-0.15, -0.1) is 0 Å². The van der Waals surface area contributed by atoms with E-state index in [2.05, 4.69) is 26.9 Å². The molecule has 2 N–H and O–H groups in total. The largest absolute Gasteiger partial charge is 0.373 e. The molecule has 2 unspecified atom stereocenters. The highest BCUT2D eigenvalue weighted by molar-refractivity contribution is 7.99. The first-order valence-electron chi connectivity index (χ1n) is 6.05. The molecule has 1 heterocycles. The zero-order chi connectivity index (χ0) is 12.3. The highest BCUT2D eigenvalue weighted by atomic mass is 32.2. The van der Waals surface area contributed by atoms with Crippen LogP contribution in [0.4, 0.5) is 11.6 Å². The molecule has 94 valence electrons. The summed E-state index contributed by atoms with van der Waals surface area (Å²) in [5, 5.41) is 7.32. The molecule has 0 radical (unpaired) electrons. The number of rotatable bonds is 4. The van der Waals surface area contributed by atoms with E-state index in [1.54, 1.807) is 0 Å². The Morgan fingerprint density at radius 3 is 2.76 bits per heavy atom. The van der Waals surface area contributed by atoms with Gasteiger partial charge in [-0.1, -0.05) is 6.42 Å². The number of hydrogen-bond donors (Lipinski definition) is 2. The maximum absolute atomic E-state index is 4.44. The zero-order valence-electron chi connectivity index (χ0n) is 10.7. The van der Waals surface area contributed by atoms with E-state index in [4.69, 9.17) is 0 Å². The van der Waals surface area contributed by atoms with Gasteiger partial charge >= 0.3 is 0 Å². The Morgan fingerprint density at radius 2 is 2.06 bits per heavy atom. The summed E-state index contributed by atoms with van der Waals surface area (Å²) in [6.07, 6.45) is 6.05. The second kappa shape index (κ2) is 5.58. The third-order valence-electron chi connectivity index (χ3n) is 3.18. The summed E-state index contributed by atoms with van der Waals surface area (Å²) in [5.74, 6) is 2.62. The SMILES string of the molecule is CNc1cc(NC2CCCC2SC)nc(C)n1. The fourth-order valence-electron chi connectivity index (χ4n) is 2.33. The van der Waals surface area contributed by atoms with Gasteiger partial charge in [-0.2, -0.15) is 11.8 Å². The smallest absolute Gasteiger partial charge is 0.132 e. The second-order valence-corrected chi connectivity index (χ2v) is 5.47. The highest BCUT2D eigenvalue weighted by Gasteiger charge is 2.26. The fourth-order valence-corrected chi connectivity index (χ4v) is 3.27. The van der Waals surface area contributed by atoms with Crippen LogP contribution in [0.2, 0.25) is 0 Å². The summed E-state index contributed by atoms with van der Waals surface area (Å²) >= 11 is 1.95. The summed E-state index contributed by atoms with van der Waals surface area (Å²) in [7, 11) is 1.88. The van der Waals surface area contributed by atoms with E-state index in [0.29, 0.717) is 11.3 Å². The highest BCUT2D eigenvalue weighted by Crippen LogP contribution is 2.30. The van der Waals surface area contributed by atoms with Crippen LogP contribution in [0.5, 0.6) is 0 Å². The van der Waals surface area contributed by atoms with Crippen LogP contribution in [0.3, 0.4) is 0 Å². The van der Waals surface area contributed by atoms with Gasteiger partial charge < -0.3 is 10.6 Å². The Balaban J connectivity index is 2.09. The number of thioether (sulfide) groups is 1. The Hall–Kier alpha value is -0.970. The van der Waals surface area contributed by atoms with E-state index in [9.17, 15) is 0 Å². The number of nitrogens with zero attached hydrogens (tertiary/aromatic N) is 2. The van der Waals surface area contributed by atoms with Crippen LogP contribution in [0.25, 0.3) is 0 Å². The third kappa shape index (κ3) is 3.03. The summed E-state index contributed by atoms with van der Waals surface area (Å²) in [6, 6.07) is 2.52. The molecule has 1 fully saturated rings. The van der Waals surface area contributed by atoms with Crippen molar-refractivity contribution in [2.45, 2.75) is 37.5 Å². The minimum absolute atomic E-state index is 0.545. The molecule has 1 aliphatic carbocycles. The lowest BCUT2D eigenvalue weighted by atomic mass is 10.2. The Bertz CT molecular complexity index is 383. The molecule has 17 heavy (non-hydrogen) atoms. The van der Waals surface area contributed by atoms with Crippen LogP contribution in [0.15, 0.2) is 6.07 Å². The van der Waals surface area contributed by atoms with E-state index in [0.717, 1.165) is 17.5 Å². The maximum Gasteiger partial charge on any atom is 0.132 e. The molecule has 2 atom stereocenters. The minimum Gasteiger partial charge on any atom is -0.373 e. The zero-order valence-corrected chi connectivity index (χ0v) is 11.5. The summed E-state index contributed by atoms with van der Waals surface area (Å²) in [5.41, 5.74) is 0. The molecule has 5 heteroatoms. The standard InChI is InChI=1S/C12H20N4S/c1-8-14-11(13-2)7-12(15-8)16-9-5-4-6-10(9)17-3/h7,9-10H,4-6H2,1-3H3,(H2,13,14,15,16). The summed E-state index contributed by atoms with van der Waals surface area (Å²) in [4.78, 5) is 8.74. The van der Waals surface area contributed by atoms with Crippen LogP contribution in [0, 0.1) is 6.92 Å². The normalized spacial score (nSPS) is 23.7. The number of hydrogen-bond acceptors (Lipinski definition) is 5. The quantitative estimate of drug-likeness (QED) is 0.862. The average molecular weight is 252 g/mol. The van der Waals surface area contributed by atoms with E-state index in [1.165, 1.54) is 19.3 Å². The molecule has 4 nitrogen and oxygen atoms in total. The van der Waals surface area contributed by atoms with Crippen molar-refractivity contribution in [1.29, 1.82) is 0 Å². The lowest BCUT2D eigenvalue weighted by Gasteiger charge is -2.20. The van der Waals surface area contributed by atoms with Gasteiger partial charge in [0.1, 0.15) is 17.5 Å². The molecule has 0 aromatic carbocycles. The Kier molecular flexibility index (Phi) is 4.10. The third-order valence-corrected chi connectivity index (χ3v) is 4.35. The van der Waals surface area contributed by atoms with Gasteiger partial charge in [0.05, 0.1) is 0 Å². The van der Waals surface area contributed by atoms with E-state index >= 15 is 0 Å². The van der Waals surface area contributed by atoms with Crippen molar-refractivity contribution < 1.29 is 0 Å².